The quantitative estimate of drug-likeness (QED) is 0.725. The number of unbranched alkanes of at least 4 members (excludes halogenated alkanes) is 1. The lowest BCUT2D eigenvalue weighted by molar-refractivity contribution is -0.122. The maximum absolute atomic E-state index is 11.3. The van der Waals surface area contributed by atoms with E-state index in [0.29, 0.717) is 5.92 Å². The number of rotatable bonds is 6. The molecule has 16 heavy (non-hydrogen) atoms. The van der Waals surface area contributed by atoms with Crippen LogP contribution in [0.1, 0.15) is 38.5 Å². The van der Waals surface area contributed by atoms with Crippen LogP contribution in [0.3, 0.4) is 0 Å². The van der Waals surface area contributed by atoms with Crippen LogP contribution >= 0.6 is 12.4 Å². The van der Waals surface area contributed by atoms with E-state index in [1.807, 2.05) is 0 Å². The minimum absolute atomic E-state index is 0. The van der Waals surface area contributed by atoms with Gasteiger partial charge in [-0.3, -0.25) is 4.79 Å². The first-order valence-electron chi connectivity index (χ1n) is 6.36. The van der Waals surface area contributed by atoms with Crippen molar-refractivity contribution in [2.24, 2.45) is 5.92 Å². The molecular weight excluding hydrogens is 224 g/mol. The van der Waals surface area contributed by atoms with Gasteiger partial charge in [0.1, 0.15) is 0 Å². The van der Waals surface area contributed by atoms with Crippen LogP contribution in [0.4, 0.5) is 0 Å². The Balaban J connectivity index is 0.00000128. The molecule has 2 rings (SSSR count). The van der Waals surface area contributed by atoms with Gasteiger partial charge in [-0.1, -0.05) is 0 Å². The summed E-state index contributed by atoms with van der Waals surface area (Å²) >= 11 is 0. The highest BCUT2D eigenvalue weighted by Gasteiger charge is 2.28. The molecule has 2 fully saturated rings. The van der Waals surface area contributed by atoms with Crippen molar-refractivity contribution in [1.29, 1.82) is 0 Å². The Hall–Kier alpha value is -0.280. The molecule has 2 aliphatic rings. The molecule has 1 saturated heterocycles. The van der Waals surface area contributed by atoms with E-state index in [1.54, 1.807) is 0 Å². The molecule has 4 heteroatoms. The Morgan fingerprint density at radius 2 is 1.88 bits per heavy atom. The number of carbonyl (C=O) groups excluding carboxylic acids is 1. The molecule has 0 spiro atoms. The number of hydrogen-bond acceptors (Lipinski definition) is 2. The van der Waals surface area contributed by atoms with Gasteiger partial charge in [-0.25, -0.2) is 0 Å². The molecule has 1 N–H and O–H groups in total. The van der Waals surface area contributed by atoms with Crippen LogP contribution < -0.4 is 5.32 Å². The smallest absolute Gasteiger partial charge is 0.223 e. The van der Waals surface area contributed by atoms with Crippen molar-refractivity contribution >= 4 is 18.3 Å². The number of halogens is 1. The van der Waals surface area contributed by atoms with Crippen LogP contribution in [0, 0.1) is 5.92 Å². The second-order valence-electron chi connectivity index (χ2n) is 4.82. The van der Waals surface area contributed by atoms with Crippen LogP contribution in [0.15, 0.2) is 0 Å². The number of nitrogens with one attached hydrogen (secondary N) is 1. The Bertz CT molecular complexity index is 213. The van der Waals surface area contributed by atoms with Crippen molar-refractivity contribution in [3.63, 3.8) is 0 Å². The van der Waals surface area contributed by atoms with Gasteiger partial charge in [0, 0.05) is 12.5 Å². The monoisotopic (exact) mass is 246 g/mol. The second kappa shape index (κ2) is 7.13. The molecule has 0 aromatic heterocycles. The third-order valence-electron chi connectivity index (χ3n) is 3.35. The van der Waals surface area contributed by atoms with Crippen molar-refractivity contribution in [2.45, 2.75) is 38.5 Å². The maximum atomic E-state index is 11.3. The Morgan fingerprint density at radius 1 is 1.19 bits per heavy atom. The molecule has 0 atom stereocenters. The summed E-state index contributed by atoms with van der Waals surface area (Å²) in [5.74, 6) is 0.653. The lowest BCUT2D eigenvalue weighted by Gasteiger charge is -2.13. The molecule has 94 valence electrons. The summed E-state index contributed by atoms with van der Waals surface area (Å²) in [7, 11) is 0. The van der Waals surface area contributed by atoms with Gasteiger partial charge in [0.2, 0.25) is 5.91 Å². The fraction of sp³-hybridized carbons (Fsp3) is 0.917. The van der Waals surface area contributed by atoms with Gasteiger partial charge in [0.25, 0.3) is 0 Å². The molecule has 1 aliphatic heterocycles. The minimum Gasteiger partial charge on any atom is -0.356 e. The highest BCUT2D eigenvalue weighted by Crippen LogP contribution is 2.28. The molecular formula is C12H23ClN2O. The molecule has 1 saturated carbocycles. The highest BCUT2D eigenvalue weighted by molar-refractivity contribution is 5.85. The summed E-state index contributed by atoms with van der Waals surface area (Å²) in [5, 5.41) is 3.01. The normalized spacial score (nSPS) is 20.5. The Morgan fingerprint density at radius 3 is 2.50 bits per heavy atom. The second-order valence-corrected chi connectivity index (χ2v) is 4.82. The third kappa shape index (κ3) is 4.71. The fourth-order valence-corrected chi connectivity index (χ4v) is 2.17. The van der Waals surface area contributed by atoms with E-state index in [1.165, 1.54) is 38.9 Å². The Labute approximate surface area is 104 Å². The van der Waals surface area contributed by atoms with Crippen LogP contribution in [-0.4, -0.2) is 37.0 Å². The molecule has 0 aromatic carbocycles. The van der Waals surface area contributed by atoms with E-state index in [0.717, 1.165) is 25.8 Å². The molecule has 3 nitrogen and oxygen atoms in total. The zero-order valence-corrected chi connectivity index (χ0v) is 10.7. The van der Waals surface area contributed by atoms with Crippen molar-refractivity contribution in [3.8, 4) is 0 Å². The molecule has 0 radical (unpaired) electrons. The number of nitrogens with zero attached hydrogens (tertiary/aromatic N) is 1. The van der Waals surface area contributed by atoms with Crippen molar-refractivity contribution in [3.05, 3.63) is 0 Å². The predicted molar refractivity (Wildman–Crippen MR) is 67.9 cm³/mol. The summed E-state index contributed by atoms with van der Waals surface area (Å²) in [6.45, 7) is 4.67. The summed E-state index contributed by atoms with van der Waals surface area (Å²) in [6, 6.07) is 0. The first kappa shape index (κ1) is 13.8. The third-order valence-corrected chi connectivity index (χ3v) is 3.35. The number of amides is 1. The molecule has 1 amide bonds. The minimum atomic E-state index is 0. The number of likely N-dealkylation sites (tertiary alicyclic amines) is 1. The molecule has 0 aromatic rings. The molecule has 0 unspecified atom stereocenters. The van der Waals surface area contributed by atoms with E-state index in [9.17, 15) is 4.79 Å². The van der Waals surface area contributed by atoms with Crippen LogP contribution in [0.2, 0.25) is 0 Å². The summed E-state index contributed by atoms with van der Waals surface area (Å²) in [6.07, 6.45) is 7.33. The van der Waals surface area contributed by atoms with Crippen molar-refractivity contribution < 1.29 is 4.79 Å². The SMILES string of the molecule is Cl.O=C(NCCCCN1CCCC1)C1CC1. The van der Waals surface area contributed by atoms with E-state index in [4.69, 9.17) is 0 Å². The van der Waals surface area contributed by atoms with Gasteiger partial charge in [-0.15, -0.1) is 12.4 Å². The van der Waals surface area contributed by atoms with Crippen LogP contribution in [0.5, 0.6) is 0 Å². The van der Waals surface area contributed by atoms with Gasteiger partial charge in [-0.2, -0.15) is 0 Å². The van der Waals surface area contributed by atoms with E-state index >= 15 is 0 Å². The zero-order chi connectivity index (χ0) is 10.5. The van der Waals surface area contributed by atoms with E-state index in [2.05, 4.69) is 10.2 Å². The highest BCUT2D eigenvalue weighted by atomic mass is 35.5. The van der Waals surface area contributed by atoms with Crippen LogP contribution in [-0.2, 0) is 4.79 Å². The van der Waals surface area contributed by atoms with Gasteiger partial charge >= 0.3 is 0 Å². The van der Waals surface area contributed by atoms with E-state index < -0.39 is 0 Å². The van der Waals surface area contributed by atoms with Gasteiger partial charge in [0.05, 0.1) is 0 Å². The maximum Gasteiger partial charge on any atom is 0.223 e. The van der Waals surface area contributed by atoms with Crippen LogP contribution in [0.25, 0.3) is 0 Å². The predicted octanol–water partition coefficient (Wildman–Crippen LogP) is 1.81. The summed E-state index contributed by atoms with van der Waals surface area (Å²) < 4.78 is 0. The van der Waals surface area contributed by atoms with Gasteiger partial charge in [0.15, 0.2) is 0 Å². The molecule has 1 aliphatic carbocycles. The summed E-state index contributed by atoms with van der Waals surface area (Å²) in [4.78, 5) is 13.8. The lowest BCUT2D eigenvalue weighted by atomic mass is 10.3. The largest absolute Gasteiger partial charge is 0.356 e. The van der Waals surface area contributed by atoms with Crippen molar-refractivity contribution in [1.82, 2.24) is 10.2 Å². The first-order valence-corrected chi connectivity index (χ1v) is 6.36. The van der Waals surface area contributed by atoms with E-state index in [-0.39, 0.29) is 18.3 Å². The Kier molecular flexibility index (Phi) is 6.14. The number of carbonyl (C=O) groups is 1. The first-order chi connectivity index (χ1) is 7.36. The zero-order valence-electron chi connectivity index (χ0n) is 9.91. The lowest BCUT2D eigenvalue weighted by Crippen LogP contribution is -2.27. The molecule has 1 heterocycles. The average Bonchev–Trinajstić information content (AvgIpc) is 2.97. The standard InChI is InChI=1S/C12H22N2O.ClH/c15-12(11-5-6-11)13-7-1-2-8-14-9-3-4-10-14;/h11H,1-10H2,(H,13,15);1H. The summed E-state index contributed by atoms with van der Waals surface area (Å²) in [5.41, 5.74) is 0. The average molecular weight is 247 g/mol. The van der Waals surface area contributed by atoms with Gasteiger partial charge < -0.3 is 10.2 Å². The number of hydrogen-bond donors (Lipinski definition) is 1. The topological polar surface area (TPSA) is 32.3 Å². The fourth-order valence-electron chi connectivity index (χ4n) is 2.17. The van der Waals surface area contributed by atoms with Gasteiger partial charge in [-0.05, 0) is 58.2 Å². The molecule has 0 bridgehead atoms. The van der Waals surface area contributed by atoms with Crippen molar-refractivity contribution in [2.75, 3.05) is 26.2 Å².